The molecule has 1 heterocycles. The molecule has 3 rings (SSSR count). The molecule has 2 aliphatic rings. The molecule has 0 bridgehead atoms. The van der Waals surface area contributed by atoms with Gasteiger partial charge in [-0.15, -0.1) is 0 Å². The van der Waals surface area contributed by atoms with Crippen LogP contribution in [0.15, 0.2) is 23.1 Å². The van der Waals surface area contributed by atoms with Gasteiger partial charge in [-0.05, 0) is 31.0 Å². The summed E-state index contributed by atoms with van der Waals surface area (Å²) >= 11 is 5.98. The number of carboxylic acid groups (broad SMARTS) is 1. The Labute approximate surface area is 134 Å². The van der Waals surface area contributed by atoms with Gasteiger partial charge < -0.3 is 5.11 Å². The Morgan fingerprint density at radius 2 is 1.82 bits per heavy atom. The monoisotopic (exact) mass is 344 g/mol. The summed E-state index contributed by atoms with van der Waals surface area (Å²) in [5, 5.41) is 9.07. The fourth-order valence-corrected chi connectivity index (χ4v) is 4.64. The van der Waals surface area contributed by atoms with Crippen LogP contribution in [0.3, 0.4) is 0 Å². The van der Waals surface area contributed by atoms with E-state index in [1.807, 2.05) is 0 Å². The minimum Gasteiger partial charge on any atom is -0.478 e. The molecule has 120 valence electrons. The molecule has 0 atom stereocenters. The molecule has 1 saturated carbocycles. The predicted octanol–water partition coefficient (Wildman–Crippen LogP) is 1.51. The van der Waals surface area contributed by atoms with Crippen LogP contribution in [0.25, 0.3) is 0 Å². The van der Waals surface area contributed by atoms with Crippen LogP contribution >= 0.6 is 11.6 Å². The second-order valence-electron chi connectivity index (χ2n) is 5.62. The van der Waals surface area contributed by atoms with E-state index in [4.69, 9.17) is 16.7 Å². The lowest BCUT2D eigenvalue weighted by molar-refractivity contribution is 0.0696. The van der Waals surface area contributed by atoms with Crippen LogP contribution in [-0.4, -0.2) is 60.9 Å². The standard InChI is InChI=1S/C14H17ClN2O4S/c15-12-4-1-10(14(18)19)9-13(12)22(20,21)17-7-5-16(6-8-17)11-2-3-11/h1,4,9,11H,2-3,5-8H2,(H,18,19). The first kappa shape index (κ1) is 15.7. The average molecular weight is 345 g/mol. The molecule has 1 aromatic carbocycles. The van der Waals surface area contributed by atoms with Gasteiger partial charge in [0.05, 0.1) is 10.6 Å². The van der Waals surface area contributed by atoms with E-state index in [9.17, 15) is 13.2 Å². The van der Waals surface area contributed by atoms with Crippen LogP contribution in [0.2, 0.25) is 5.02 Å². The summed E-state index contributed by atoms with van der Waals surface area (Å²) in [6, 6.07) is 4.36. The summed E-state index contributed by atoms with van der Waals surface area (Å²) in [7, 11) is -3.77. The number of nitrogens with zero attached hydrogens (tertiary/aromatic N) is 2. The molecule has 0 aromatic heterocycles. The zero-order chi connectivity index (χ0) is 15.9. The van der Waals surface area contributed by atoms with Gasteiger partial charge in [0, 0.05) is 32.2 Å². The number of sulfonamides is 1. The molecule has 1 aliphatic carbocycles. The maximum Gasteiger partial charge on any atom is 0.335 e. The quantitative estimate of drug-likeness (QED) is 0.895. The van der Waals surface area contributed by atoms with Crippen LogP contribution in [0.5, 0.6) is 0 Å². The van der Waals surface area contributed by atoms with Crippen molar-refractivity contribution in [2.45, 2.75) is 23.8 Å². The molecule has 1 N–H and O–H groups in total. The summed E-state index contributed by atoms with van der Waals surface area (Å²) in [4.78, 5) is 13.2. The SMILES string of the molecule is O=C(O)c1ccc(Cl)c(S(=O)(=O)N2CCN(C3CC3)CC2)c1. The van der Waals surface area contributed by atoms with Crippen molar-refractivity contribution in [3.8, 4) is 0 Å². The molecular formula is C14H17ClN2O4S. The highest BCUT2D eigenvalue weighted by Crippen LogP contribution is 2.30. The van der Waals surface area contributed by atoms with Crippen molar-refractivity contribution in [2.24, 2.45) is 0 Å². The van der Waals surface area contributed by atoms with Gasteiger partial charge in [-0.3, -0.25) is 4.90 Å². The van der Waals surface area contributed by atoms with Crippen LogP contribution in [-0.2, 0) is 10.0 Å². The van der Waals surface area contributed by atoms with Gasteiger partial charge in [-0.1, -0.05) is 11.6 Å². The zero-order valence-electron chi connectivity index (χ0n) is 11.9. The molecule has 0 unspecified atom stereocenters. The van der Waals surface area contributed by atoms with Crippen molar-refractivity contribution in [1.29, 1.82) is 0 Å². The van der Waals surface area contributed by atoms with E-state index in [2.05, 4.69) is 4.90 Å². The van der Waals surface area contributed by atoms with E-state index < -0.39 is 16.0 Å². The Morgan fingerprint density at radius 3 is 2.36 bits per heavy atom. The number of halogens is 1. The maximum atomic E-state index is 12.7. The summed E-state index contributed by atoms with van der Waals surface area (Å²) in [6.07, 6.45) is 2.39. The van der Waals surface area contributed by atoms with E-state index in [0.717, 1.165) is 6.07 Å². The summed E-state index contributed by atoms with van der Waals surface area (Å²) in [6.45, 7) is 2.24. The van der Waals surface area contributed by atoms with Gasteiger partial charge in [0.2, 0.25) is 10.0 Å². The lowest BCUT2D eigenvalue weighted by atomic mass is 10.2. The Morgan fingerprint density at radius 1 is 1.18 bits per heavy atom. The predicted molar refractivity (Wildman–Crippen MR) is 81.8 cm³/mol. The van der Waals surface area contributed by atoms with Gasteiger partial charge in [-0.2, -0.15) is 4.31 Å². The van der Waals surface area contributed by atoms with Crippen LogP contribution in [0.4, 0.5) is 0 Å². The fraction of sp³-hybridized carbons (Fsp3) is 0.500. The minimum atomic E-state index is -3.77. The zero-order valence-corrected chi connectivity index (χ0v) is 13.5. The topological polar surface area (TPSA) is 77.9 Å². The van der Waals surface area contributed by atoms with Crippen molar-refractivity contribution in [2.75, 3.05) is 26.2 Å². The van der Waals surface area contributed by atoms with Crippen molar-refractivity contribution in [3.05, 3.63) is 28.8 Å². The minimum absolute atomic E-state index is 0.0506. The third-order valence-corrected chi connectivity index (χ3v) is 6.51. The summed E-state index contributed by atoms with van der Waals surface area (Å²) in [5.74, 6) is -1.17. The van der Waals surface area contributed by atoms with E-state index >= 15 is 0 Å². The Bertz CT molecular complexity index is 695. The van der Waals surface area contributed by atoms with Gasteiger partial charge in [0.1, 0.15) is 4.90 Å². The van der Waals surface area contributed by atoms with Crippen LogP contribution in [0, 0.1) is 0 Å². The number of rotatable bonds is 4. The summed E-state index contributed by atoms with van der Waals surface area (Å²) in [5.41, 5.74) is -0.0837. The van der Waals surface area contributed by atoms with Gasteiger partial charge in [-0.25, -0.2) is 13.2 Å². The number of hydrogen-bond acceptors (Lipinski definition) is 4. The Kier molecular flexibility index (Phi) is 4.15. The van der Waals surface area contributed by atoms with Crippen LogP contribution < -0.4 is 0 Å². The lowest BCUT2D eigenvalue weighted by Crippen LogP contribution is -2.49. The van der Waals surface area contributed by atoms with E-state index in [1.54, 1.807) is 0 Å². The smallest absolute Gasteiger partial charge is 0.335 e. The Hall–Kier alpha value is -1.15. The molecule has 8 heteroatoms. The number of piperazine rings is 1. The maximum absolute atomic E-state index is 12.7. The van der Waals surface area contributed by atoms with Crippen molar-refractivity contribution in [1.82, 2.24) is 9.21 Å². The second kappa shape index (κ2) is 5.81. The molecule has 0 amide bonds. The second-order valence-corrected chi connectivity index (χ2v) is 7.94. The highest BCUT2D eigenvalue weighted by Gasteiger charge is 2.35. The number of aromatic carboxylic acids is 1. The first-order valence-electron chi connectivity index (χ1n) is 7.16. The number of carbonyl (C=O) groups is 1. The molecule has 1 saturated heterocycles. The molecule has 6 nitrogen and oxygen atoms in total. The Balaban J connectivity index is 1.83. The van der Waals surface area contributed by atoms with Gasteiger partial charge in [0.25, 0.3) is 0 Å². The molecule has 1 aliphatic heterocycles. The largest absolute Gasteiger partial charge is 0.478 e. The van der Waals surface area contributed by atoms with Crippen molar-refractivity contribution < 1.29 is 18.3 Å². The number of carboxylic acids is 1. The van der Waals surface area contributed by atoms with Crippen molar-refractivity contribution >= 4 is 27.6 Å². The molecule has 0 spiro atoms. The molecule has 22 heavy (non-hydrogen) atoms. The van der Waals surface area contributed by atoms with Crippen LogP contribution in [0.1, 0.15) is 23.2 Å². The van der Waals surface area contributed by atoms with E-state index in [-0.39, 0.29) is 15.5 Å². The first-order valence-corrected chi connectivity index (χ1v) is 8.98. The lowest BCUT2D eigenvalue weighted by Gasteiger charge is -2.34. The first-order chi connectivity index (χ1) is 10.4. The third-order valence-electron chi connectivity index (χ3n) is 4.13. The number of benzene rings is 1. The fourth-order valence-electron chi connectivity index (χ4n) is 2.72. The van der Waals surface area contributed by atoms with E-state index in [0.29, 0.717) is 32.2 Å². The molecule has 1 aromatic rings. The molecule has 0 radical (unpaired) electrons. The molecule has 2 fully saturated rings. The van der Waals surface area contributed by atoms with Gasteiger partial charge in [0.15, 0.2) is 0 Å². The normalized spacial score (nSPS) is 21.0. The average Bonchev–Trinajstić information content (AvgIpc) is 3.32. The highest BCUT2D eigenvalue weighted by molar-refractivity contribution is 7.89. The van der Waals surface area contributed by atoms with Crippen molar-refractivity contribution in [3.63, 3.8) is 0 Å². The third kappa shape index (κ3) is 2.99. The van der Waals surface area contributed by atoms with E-state index in [1.165, 1.54) is 29.3 Å². The molecular weight excluding hydrogens is 328 g/mol. The van der Waals surface area contributed by atoms with Gasteiger partial charge >= 0.3 is 5.97 Å². The summed E-state index contributed by atoms with van der Waals surface area (Å²) < 4.78 is 26.8. The highest BCUT2D eigenvalue weighted by atomic mass is 35.5. The number of hydrogen-bond donors (Lipinski definition) is 1.